The maximum atomic E-state index is 4.10. The van der Waals surface area contributed by atoms with Crippen molar-refractivity contribution in [2.75, 3.05) is 13.6 Å². The minimum absolute atomic E-state index is 1.03. The van der Waals surface area contributed by atoms with E-state index in [1.165, 1.54) is 5.56 Å². The highest BCUT2D eigenvalue weighted by atomic mass is 15.1. The van der Waals surface area contributed by atoms with Crippen LogP contribution in [0.25, 0.3) is 0 Å². The highest BCUT2D eigenvalue weighted by Gasteiger charge is 1.94. The third kappa shape index (κ3) is 6.73. The SMILES string of the molecule is CCN(C)Cc1ccccc1.CCc1ccccn1. The zero-order valence-electron chi connectivity index (χ0n) is 12.2. The molecule has 102 valence electrons. The maximum Gasteiger partial charge on any atom is 0.0400 e. The van der Waals surface area contributed by atoms with Crippen molar-refractivity contribution in [1.29, 1.82) is 0 Å². The molecule has 19 heavy (non-hydrogen) atoms. The number of aryl methyl sites for hydroxylation is 1. The fourth-order valence-corrected chi connectivity index (χ4v) is 1.61. The Morgan fingerprint density at radius 3 is 2.11 bits per heavy atom. The number of nitrogens with zero attached hydrogens (tertiary/aromatic N) is 2. The van der Waals surface area contributed by atoms with Crippen molar-refractivity contribution >= 4 is 0 Å². The summed E-state index contributed by atoms with van der Waals surface area (Å²) in [5.74, 6) is 0. The van der Waals surface area contributed by atoms with Crippen LogP contribution in [0.5, 0.6) is 0 Å². The van der Waals surface area contributed by atoms with Gasteiger partial charge < -0.3 is 4.90 Å². The van der Waals surface area contributed by atoms with E-state index in [-0.39, 0.29) is 0 Å². The van der Waals surface area contributed by atoms with Crippen LogP contribution < -0.4 is 0 Å². The van der Waals surface area contributed by atoms with Crippen LogP contribution in [0.2, 0.25) is 0 Å². The molecule has 0 bridgehead atoms. The molecule has 0 aliphatic rings. The van der Waals surface area contributed by atoms with Crippen molar-refractivity contribution in [3.63, 3.8) is 0 Å². The van der Waals surface area contributed by atoms with Crippen LogP contribution in [0.15, 0.2) is 54.7 Å². The Labute approximate surface area is 117 Å². The molecule has 0 aliphatic carbocycles. The van der Waals surface area contributed by atoms with Crippen molar-refractivity contribution in [1.82, 2.24) is 9.88 Å². The lowest BCUT2D eigenvalue weighted by molar-refractivity contribution is 0.346. The van der Waals surface area contributed by atoms with Gasteiger partial charge in [-0.2, -0.15) is 0 Å². The topological polar surface area (TPSA) is 16.1 Å². The highest BCUT2D eigenvalue weighted by Crippen LogP contribution is 2.01. The lowest BCUT2D eigenvalue weighted by Crippen LogP contribution is -2.16. The molecule has 0 unspecified atom stereocenters. The monoisotopic (exact) mass is 256 g/mol. The number of aromatic nitrogens is 1. The Balaban J connectivity index is 0.000000200. The van der Waals surface area contributed by atoms with E-state index in [1.807, 2.05) is 24.4 Å². The standard InChI is InChI=1S/C10H15N.C7H9N/c1-3-11(2)9-10-7-5-4-6-8-10;1-2-7-5-3-4-6-8-7/h4-8H,3,9H2,1-2H3;3-6H,2H2,1H3. The predicted molar refractivity (Wildman–Crippen MR) is 82.1 cm³/mol. The average molecular weight is 256 g/mol. The normalized spacial score (nSPS) is 9.89. The lowest BCUT2D eigenvalue weighted by atomic mass is 10.2. The fraction of sp³-hybridized carbons (Fsp3) is 0.353. The Hall–Kier alpha value is -1.67. The summed E-state index contributed by atoms with van der Waals surface area (Å²) in [6.45, 7) is 6.43. The lowest BCUT2D eigenvalue weighted by Gasteiger charge is -2.12. The molecule has 1 aromatic carbocycles. The molecule has 1 heterocycles. The number of pyridine rings is 1. The van der Waals surface area contributed by atoms with Gasteiger partial charge in [0, 0.05) is 18.4 Å². The smallest absolute Gasteiger partial charge is 0.0400 e. The third-order valence-electron chi connectivity index (χ3n) is 2.92. The van der Waals surface area contributed by atoms with Crippen molar-refractivity contribution < 1.29 is 0 Å². The van der Waals surface area contributed by atoms with Crippen LogP contribution in [-0.4, -0.2) is 23.5 Å². The van der Waals surface area contributed by atoms with E-state index in [2.05, 4.69) is 61.1 Å². The van der Waals surface area contributed by atoms with E-state index >= 15 is 0 Å². The third-order valence-corrected chi connectivity index (χ3v) is 2.92. The average Bonchev–Trinajstić information content (AvgIpc) is 2.49. The summed E-state index contributed by atoms with van der Waals surface area (Å²) in [7, 11) is 2.13. The van der Waals surface area contributed by atoms with Gasteiger partial charge in [-0.3, -0.25) is 4.98 Å². The van der Waals surface area contributed by atoms with Crippen molar-refractivity contribution in [2.45, 2.75) is 26.8 Å². The summed E-state index contributed by atoms with van der Waals surface area (Å²) in [6.07, 6.45) is 2.85. The minimum Gasteiger partial charge on any atom is -0.302 e. The number of hydrogen-bond donors (Lipinski definition) is 0. The number of hydrogen-bond acceptors (Lipinski definition) is 2. The first-order valence-corrected chi connectivity index (χ1v) is 6.88. The van der Waals surface area contributed by atoms with Gasteiger partial charge in [0.25, 0.3) is 0 Å². The van der Waals surface area contributed by atoms with Gasteiger partial charge in [-0.1, -0.05) is 50.2 Å². The van der Waals surface area contributed by atoms with Gasteiger partial charge in [-0.15, -0.1) is 0 Å². The first-order chi connectivity index (χ1) is 9.26. The summed E-state index contributed by atoms with van der Waals surface area (Å²) in [4.78, 5) is 6.38. The van der Waals surface area contributed by atoms with Gasteiger partial charge in [0.2, 0.25) is 0 Å². The van der Waals surface area contributed by atoms with E-state index in [0.717, 1.165) is 25.2 Å². The summed E-state index contributed by atoms with van der Waals surface area (Å²) in [5, 5.41) is 0. The van der Waals surface area contributed by atoms with Crippen LogP contribution in [0.1, 0.15) is 25.1 Å². The van der Waals surface area contributed by atoms with Gasteiger partial charge in [-0.25, -0.2) is 0 Å². The molecule has 0 radical (unpaired) electrons. The van der Waals surface area contributed by atoms with Crippen LogP contribution in [0, 0.1) is 0 Å². The molecular formula is C17H24N2. The minimum atomic E-state index is 1.03. The fourth-order valence-electron chi connectivity index (χ4n) is 1.61. The zero-order chi connectivity index (χ0) is 13.9. The Morgan fingerprint density at radius 1 is 0.947 bits per heavy atom. The molecule has 0 aliphatic heterocycles. The van der Waals surface area contributed by atoms with Crippen LogP contribution in [0.3, 0.4) is 0 Å². The van der Waals surface area contributed by atoms with Gasteiger partial charge in [0.05, 0.1) is 0 Å². The maximum absolute atomic E-state index is 4.10. The predicted octanol–water partition coefficient (Wildman–Crippen LogP) is 3.78. The molecule has 2 nitrogen and oxygen atoms in total. The molecule has 2 heteroatoms. The Kier molecular flexibility index (Phi) is 7.52. The van der Waals surface area contributed by atoms with E-state index in [1.54, 1.807) is 0 Å². The second-order valence-corrected chi connectivity index (χ2v) is 4.49. The number of rotatable bonds is 4. The molecule has 0 spiro atoms. The molecule has 0 amide bonds. The molecule has 0 saturated heterocycles. The molecule has 2 aromatic rings. The van der Waals surface area contributed by atoms with Crippen LogP contribution >= 0.6 is 0 Å². The molecule has 0 atom stereocenters. The summed E-state index contributed by atoms with van der Waals surface area (Å²) >= 11 is 0. The molecular weight excluding hydrogens is 232 g/mol. The zero-order valence-corrected chi connectivity index (χ0v) is 12.2. The van der Waals surface area contributed by atoms with Gasteiger partial charge in [0.1, 0.15) is 0 Å². The van der Waals surface area contributed by atoms with Crippen LogP contribution in [-0.2, 0) is 13.0 Å². The second-order valence-electron chi connectivity index (χ2n) is 4.49. The van der Waals surface area contributed by atoms with E-state index < -0.39 is 0 Å². The Bertz CT molecular complexity index is 426. The highest BCUT2D eigenvalue weighted by molar-refractivity contribution is 5.14. The second kappa shape index (κ2) is 9.29. The number of benzene rings is 1. The molecule has 2 rings (SSSR count). The Morgan fingerprint density at radius 2 is 1.63 bits per heavy atom. The van der Waals surface area contributed by atoms with Gasteiger partial charge in [0.15, 0.2) is 0 Å². The van der Waals surface area contributed by atoms with Crippen molar-refractivity contribution in [3.8, 4) is 0 Å². The largest absolute Gasteiger partial charge is 0.302 e. The van der Waals surface area contributed by atoms with E-state index in [4.69, 9.17) is 0 Å². The summed E-state index contributed by atoms with van der Waals surface area (Å²) in [5.41, 5.74) is 2.55. The molecule has 0 fully saturated rings. The van der Waals surface area contributed by atoms with E-state index in [9.17, 15) is 0 Å². The van der Waals surface area contributed by atoms with Gasteiger partial charge >= 0.3 is 0 Å². The van der Waals surface area contributed by atoms with Crippen LogP contribution in [0.4, 0.5) is 0 Å². The van der Waals surface area contributed by atoms with E-state index in [0.29, 0.717) is 0 Å². The summed E-state index contributed by atoms with van der Waals surface area (Å²) < 4.78 is 0. The molecule has 1 aromatic heterocycles. The van der Waals surface area contributed by atoms with Crippen molar-refractivity contribution in [3.05, 3.63) is 66.0 Å². The van der Waals surface area contributed by atoms with Gasteiger partial charge in [-0.05, 0) is 37.7 Å². The molecule has 0 N–H and O–H groups in total. The molecule has 0 saturated carbocycles. The first kappa shape index (κ1) is 15.4. The quantitative estimate of drug-likeness (QED) is 0.827. The first-order valence-electron chi connectivity index (χ1n) is 6.88. The summed E-state index contributed by atoms with van der Waals surface area (Å²) in [6, 6.07) is 16.5. The van der Waals surface area contributed by atoms with Crippen molar-refractivity contribution in [2.24, 2.45) is 0 Å².